The molecule has 1 heterocycles. The van der Waals surface area contributed by atoms with Gasteiger partial charge in [0.05, 0.1) is 10.2 Å². The fourth-order valence-electron chi connectivity index (χ4n) is 1.29. The Morgan fingerprint density at radius 1 is 1.60 bits per heavy atom. The molecule has 5 heteroatoms. The van der Waals surface area contributed by atoms with Gasteiger partial charge in [-0.15, -0.1) is 0 Å². The third-order valence-electron chi connectivity index (χ3n) is 2.09. The standard InChI is InChI=1S/C10H14BrNO3/c1-15-5-3-2-4-12-7-8(10(13)14)6-9(12)11/h6-7H,2-5H2,1H3,(H,13,14). The highest BCUT2D eigenvalue weighted by molar-refractivity contribution is 9.10. The average Bonchev–Trinajstić information content (AvgIpc) is 2.55. The molecule has 0 fully saturated rings. The average molecular weight is 276 g/mol. The number of aromatic nitrogens is 1. The van der Waals surface area contributed by atoms with Crippen molar-refractivity contribution in [2.45, 2.75) is 19.4 Å². The molecule has 4 nitrogen and oxygen atoms in total. The molecule has 0 radical (unpaired) electrons. The predicted octanol–water partition coefficient (Wildman–Crippen LogP) is 2.38. The van der Waals surface area contributed by atoms with E-state index < -0.39 is 5.97 Å². The summed E-state index contributed by atoms with van der Waals surface area (Å²) in [5.74, 6) is -0.897. The second-order valence-corrected chi connectivity index (χ2v) is 4.06. The maximum absolute atomic E-state index is 10.7. The van der Waals surface area contributed by atoms with Crippen LogP contribution in [0.3, 0.4) is 0 Å². The Labute approximate surface area is 97.0 Å². The molecule has 0 aliphatic heterocycles. The number of hydrogen-bond acceptors (Lipinski definition) is 2. The number of carboxylic acid groups (broad SMARTS) is 1. The van der Waals surface area contributed by atoms with E-state index in [1.165, 1.54) is 0 Å². The predicted molar refractivity (Wildman–Crippen MR) is 60.2 cm³/mol. The van der Waals surface area contributed by atoms with Crippen molar-refractivity contribution in [3.63, 3.8) is 0 Å². The van der Waals surface area contributed by atoms with Gasteiger partial charge < -0.3 is 14.4 Å². The van der Waals surface area contributed by atoms with Crippen LogP contribution in [0, 0.1) is 0 Å². The normalized spacial score (nSPS) is 10.5. The van der Waals surface area contributed by atoms with Crippen molar-refractivity contribution in [2.75, 3.05) is 13.7 Å². The number of aryl methyl sites for hydroxylation is 1. The summed E-state index contributed by atoms with van der Waals surface area (Å²) in [6.07, 6.45) is 3.59. The number of aromatic carboxylic acids is 1. The zero-order valence-corrected chi connectivity index (χ0v) is 10.2. The Morgan fingerprint density at radius 3 is 2.87 bits per heavy atom. The first-order valence-electron chi connectivity index (χ1n) is 4.73. The van der Waals surface area contributed by atoms with Crippen LogP contribution in [-0.2, 0) is 11.3 Å². The Hall–Kier alpha value is -0.810. The second-order valence-electron chi connectivity index (χ2n) is 3.25. The molecule has 0 aliphatic rings. The van der Waals surface area contributed by atoms with Gasteiger partial charge in [-0.25, -0.2) is 4.79 Å². The van der Waals surface area contributed by atoms with E-state index in [1.807, 2.05) is 4.57 Å². The minimum atomic E-state index is -0.897. The number of nitrogens with zero attached hydrogens (tertiary/aromatic N) is 1. The van der Waals surface area contributed by atoms with E-state index in [2.05, 4.69) is 15.9 Å². The zero-order valence-electron chi connectivity index (χ0n) is 8.57. The summed E-state index contributed by atoms with van der Waals surface area (Å²) in [5, 5.41) is 8.78. The molecular weight excluding hydrogens is 262 g/mol. The molecule has 0 bridgehead atoms. The molecule has 1 aromatic heterocycles. The topological polar surface area (TPSA) is 51.5 Å². The Balaban J connectivity index is 2.50. The third kappa shape index (κ3) is 3.68. The smallest absolute Gasteiger partial charge is 0.337 e. The number of unbranched alkanes of at least 4 members (excludes halogenated alkanes) is 1. The number of carboxylic acids is 1. The molecule has 0 atom stereocenters. The molecule has 15 heavy (non-hydrogen) atoms. The first-order valence-corrected chi connectivity index (χ1v) is 5.52. The van der Waals surface area contributed by atoms with E-state index in [9.17, 15) is 4.79 Å². The van der Waals surface area contributed by atoms with Gasteiger partial charge in [0.25, 0.3) is 0 Å². The largest absolute Gasteiger partial charge is 0.478 e. The van der Waals surface area contributed by atoms with Crippen molar-refractivity contribution < 1.29 is 14.6 Å². The minimum absolute atomic E-state index is 0.314. The molecule has 0 aromatic carbocycles. The van der Waals surface area contributed by atoms with Crippen LogP contribution in [-0.4, -0.2) is 29.4 Å². The van der Waals surface area contributed by atoms with Gasteiger partial charge in [0.15, 0.2) is 0 Å². The highest BCUT2D eigenvalue weighted by atomic mass is 79.9. The van der Waals surface area contributed by atoms with Gasteiger partial charge in [0.2, 0.25) is 0 Å². The highest BCUT2D eigenvalue weighted by Gasteiger charge is 2.08. The van der Waals surface area contributed by atoms with E-state index in [4.69, 9.17) is 9.84 Å². The van der Waals surface area contributed by atoms with Crippen LogP contribution in [0.4, 0.5) is 0 Å². The van der Waals surface area contributed by atoms with Gasteiger partial charge in [-0.2, -0.15) is 0 Å². The van der Waals surface area contributed by atoms with Crippen molar-refractivity contribution in [1.29, 1.82) is 0 Å². The van der Waals surface area contributed by atoms with E-state index in [0.717, 1.165) is 30.6 Å². The lowest BCUT2D eigenvalue weighted by Crippen LogP contribution is -1.99. The SMILES string of the molecule is COCCCCn1cc(C(=O)O)cc1Br. The summed E-state index contributed by atoms with van der Waals surface area (Å²) < 4.78 is 7.63. The van der Waals surface area contributed by atoms with E-state index >= 15 is 0 Å². The highest BCUT2D eigenvalue weighted by Crippen LogP contribution is 2.16. The van der Waals surface area contributed by atoms with Crippen LogP contribution < -0.4 is 0 Å². The molecule has 0 saturated heterocycles. The zero-order chi connectivity index (χ0) is 11.3. The summed E-state index contributed by atoms with van der Waals surface area (Å²) in [7, 11) is 1.67. The molecule has 0 aliphatic carbocycles. The number of methoxy groups -OCH3 is 1. The molecule has 1 aromatic rings. The number of ether oxygens (including phenoxy) is 1. The quantitative estimate of drug-likeness (QED) is 0.811. The summed E-state index contributed by atoms with van der Waals surface area (Å²) >= 11 is 3.32. The maximum atomic E-state index is 10.7. The molecule has 0 saturated carbocycles. The molecule has 1 rings (SSSR count). The lowest BCUT2D eigenvalue weighted by atomic mass is 10.3. The van der Waals surface area contributed by atoms with Gasteiger partial charge in [0.1, 0.15) is 0 Å². The first-order chi connectivity index (χ1) is 7.15. The summed E-state index contributed by atoms with van der Waals surface area (Å²) in [6, 6.07) is 1.61. The van der Waals surface area contributed by atoms with Gasteiger partial charge in [-0.05, 0) is 34.8 Å². The van der Waals surface area contributed by atoms with Crippen LogP contribution in [0.2, 0.25) is 0 Å². The fourth-order valence-corrected chi connectivity index (χ4v) is 1.82. The Morgan fingerprint density at radius 2 is 2.33 bits per heavy atom. The fraction of sp³-hybridized carbons (Fsp3) is 0.500. The number of carbonyl (C=O) groups is 1. The van der Waals surface area contributed by atoms with Crippen molar-refractivity contribution in [3.8, 4) is 0 Å². The van der Waals surface area contributed by atoms with Gasteiger partial charge in [0, 0.05) is 26.5 Å². The van der Waals surface area contributed by atoms with E-state index in [1.54, 1.807) is 19.4 Å². The molecule has 84 valence electrons. The number of halogens is 1. The van der Waals surface area contributed by atoms with Crippen LogP contribution in [0.5, 0.6) is 0 Å². The van der Waals surface area contributed by atoms with Crippen LogP contribution in [0.1, 0.15) is 23.2 Å². The summed E-state index contributed by atoms with van der Waals surface area (Å²) in [4.78, 5) is 10.7. The molecular formula is C10H14BrNO3. The first kappa shape index (κ1) is 12.3. The monoisotopic (exact) mass is 275 g/mol. The summed E-state index contributed by atoms with van der Waals surface area (Å²) in [6.45, 7) is 1.54. The van der Waals surface area contributed by atoms with Gasteiger partial charge >= 0.3 is 5.97 Å². The van der Waals surface area contributed by atoms with Crippen molar-refractivity contribution >= 4 is 21.9 Å². The second kappa shape index (κ2) is 5.92. The summed E-state index contributed by atoms with van der Waals surface area (Å²) in [5.41, 5.74) is 0.314. The molecule has 0 amide bonds. The van der Waals surface area contributed by atoms with Crippen molar-refractivity contribution in [3.05, 3.63) is 22.4 Å². The Bertz CT molecular complexity index is 335. The van der Waals surface area contributed by atoms with Crippen molar-refractivity contribution in [2.24, 2.45) is 0 Å². The number of hydrogen-bond donors (Lipinski definition) is 1. The lowest BCUT2D eigenvalue weighted by molar-refractivity contribution is 0.0697. The minimum Gasteiger partial charge on any atom is -0.478 e. The van der Waals surface area contributed by atoms with E-state index in [-0.39, 0.29) is 0 Å². The van der Waals surface area contributed by atoms with Crippen LogP contribution in [0.15, 0.2) is 16.9 Å². The van der Waals surface area contributed by atoms with Gasteiger partial charge in [-0.1, -0.05) is 0 Å². The Kier molecular flexibility index (Phi) is 4.84. The molecule has 0 spiro atoms. The maximum Gasteiger partial charge on any atom is 0.337 e. The molecule has 0 unspecified atom stereocenters. The third-order valence-corrected chi connectivity index (χ3v) is 2.77. The van der Waals surface area contributed by atoms with E-state index in [0.29, 0.717) is 5.56 Å². The van der Waals surface area contributed by atoms with Gasteiger partial charge in [-0.3, -0.25) is 0 Å². The number of rotatable bonds is 6. The lowest BCUT2D eigenvalue weighted by Gasteiger charge is -2.03. The van der Waals surface area contributed by atoms with Crippen LogP contribution in [0.25, 0.3) is 0 Å². The van der Waals surface area contributed by atoms with Crippen molar-refractivity contribution in [1.82, 2.24) is 4.57 Å². The molecule has 1 N–H and O–H groups in total. The van der Waals surface area contributed by atoms with Crippen LogP contribution >= 0.6 is 15.9 Å².